The molecule has 8 heteroatoms. The minimum Gasteiger partial charge on any atom is -0.335 e. The molecular formula is C21H24ClN5OS. The molecule has 0 aliphatic carbocycles. The van der Waals surface area contributed by atoms with Gasteiger partial charge in [0, 0.05) is 16.3 Å². The van der Waals surface area contributed by atoms with Gasteiger partial charge in [0.15, 0.2) is 5.82 Å². The number of rotatable bonds is 5. The number of carbonyl (C=O) groups is 1. The van der Waals surface area contributed by atoms with Crippen LogP contribution >= 0.6 is 23.4 Å². The summed E-state index contributed by atoms with van der Waals surface area (Å²) in [6.45, 7) is 8.40. The fourth-order valence-corrected chi connectivity index (χ4v) is 3.57. The molecule has 0 spiro atoms. The smallest absolute Gasteiger partial charge is 0.234 e. The standard InChI is InChI=1S/C21H24ClN5OS/c1-13-5-10-16(22)11-17(13)24-18(28)12-29-20-26-25-19(27(20)23)14-6-8-15(9-7-14)21(2,3)4/h5-11H,12,23H2,1-4H3,(H,24,28). The number of nitrogens with one attached hydrogen (secondary N) is 1. The van der Waals surface area contributed by atoms with Crippen LogP contribution in [0.5, 0.6) is 0 Å². The van der Waals surface area contributed by atoms with Crippen molar-refractivity contribution in [2.75, 3.05) is 16.9 Å². The van der Waals surface area contributed by atoms with E-state index in [1.807, 2.05) is 25.1 Å². The Hall–Kier alpha value is -2.51. The third kappa shape index (κ3) is 5.10. The average Bonchev–Trinajstić information content (AvgIpc) is 3.03. The molecule has 1 amide bonds. The number of benzene rings is 2. The van der Waals surface area contributed by atoms with Crippen molar-refractivity contribution in [3.63, 3.8) is 0 Å². The van der Waals surface area contributed by atoms with Crippen LogP contribution in [0.1, 0.15) is 31.9 Å². The summed E-state index contributed by atoms with van der Waals surface area (Å²) in [6.07, 6.45) is 0. The summed E-state index contributed by atoms with van der Waals surface area (Å²) in [4.78, 5) is 12.3. The molecule has 152 valence electrons. The maximum absolute atomic E-state index is 12.3. The summed E-state index contributed by atoms with van der Waals surface area (Å²) in [7, 11) is 0. The minimum absolute atomic E-state index is 0.0740. The number of nitrogens with two attached hydrogens (primary N) is 1. The van der Waals surface area contributed by atoms with Crippen LogP contribution < -0.4 is 11.2 Å². The van der Waals surface area contributed by atoms with Gasteiger partial charge >= 0.3 is 0 Å². The van der Waals surface area contributed by atoms with Crippen molar-refractivity contribution in [3.05, 3.63) is 58.6 Å². The molecule has 3 aromatic rings. The van der Waals surface area contributed by atoms with Gasteiger partial charge in [-0.1, -0.05) is 74.5 Å². The van der Waals surface area contributed by atoms with Crippen LogP contribution in [0.15, 0.2) is 47.6 Å². The molecule has 0 atom stereocenters. The Bertz CT molecular complexity index is 1020. The number of amides is 1. The highest BCUT2D eigenvalue weighted by molar-refractivity contribution is 7.99. The van der Waals surface area contributed by atoms with Gasteiger partial charge in [-0.25, -0.2) is 4.68 Å². The topological polar surface area (TPSA) is 85.8 Å². The summed E-state index contributed by atoms with van der Waals surface area (Å²) >= 11 is 7.22. The Morgan fingerprint density at radius 3 is 2.52 bits per heavy atom. The highest BCUT2D eigenvalue weighted by Gasteiger charge is 2.17. The molecule has 3 N–H and O–H groups in total. The summed E-state index contributed by atoms with van der Waals surface area (Å²) in [6, 6.07) is 13.5. The molecule has 0 fully saturated rings. The van der Waals surface area contributed by atoms with Crippen molar-refractivity contribution in [2.45, 2.75) is 38.3 Å². The summed E-state index contributed by atoms with van der Waals surface area (Å²) in [5.41, 5.74) is 3.81. The molecule has 0 bridgehead atoms. The largest absolute Gasteiger partial charge is 0.335 e. The predicted octanol–water partition coefficient (Wildman–Crippen LogP) is 4.65. The van der Waals surface area contributed by atoms with Crippen LogP contribution in [0.2, 0.25) is 5.02 Å². The molecule has 29 heavy (non-hydrogen) atoms. The number of carbonyl (C=O) groups excluding carboxylic acids is 1. The number of nitrogens with zero attached hydrogens (tertiary/aromatic N) is 3. The zero-order chi connectivity index (χ0) is 21.2. The quantitative estimate of drug-likeness (QED) is 0.455. The molecule has 0 saturated heterocycles. The number of thioether (sulfide) groups is 1. The SMILES string of the molecule is Cc1ccc(Cl)cc1NC(=O)CSc1nnc(-c2ccc(C(C)(C)C)cc2)n1N. The number of hydrogen-bond donors (Lipinski definition) is 2. The van der Waals surface area contributed by atoms with Crippen molar-refractivity contribution < 1.29 is 4.79 Å². The lowest BCUT2D eigenvalue weighted by Gasteiger charge is -2.19. The van der Waals surface area contributed by atoms with Crippen LogP contribution in [0.3, 0.4) is 0 Å². The second-order valence-corrected chi connectivity index (χ2v) is 9.18. The van der Waals surface area contributed by atoms with Gasteiger partial charge < -0.3 is 11.2 Å². The lowest BCUT2D eigenvalue weighted by molar-refractivity contribution is -0.113. The maximum Gasteiger partial charge on any atom is 0.234 e. The molecule has 2 aromatic carbocycles. The summed E-state index contributed by atoms with van der Waals surface area (Å²) < 4.78 is 1.41. The maximum atomic E-state index is 12.3. The second-order valence-electron chi connectivity index (χ2n) is 7.80. The number of hydrogen-bond acceptors (Lipinski definition) is 5. The Kier molecular flexibility index (Phi) is 6.19. The predicted molar refractivity (Wildman–Crippen MR) is 120 cm³/mol. The zero-order valence-electron chi connectivity index (χ0n) is 16.9. The number of aryl methyl sites for hydroxylation is 1. The van der Waals surface area contributed by atoms with E-state index in [1.165, 1.54) is 22.0 Å². The first-order valence-corrected chi connectivity index (χ1v) is 10.5. The minimum atomic E-state index is -0.167. The van der Waals surface area contributed by atoms with Crippen LogP contribution in [0, 0.1) is 6.92 Å². The van der Waals surface area contributed by atoms with E-state index in [9.17, 15) is 4.79 Å². The van der Waals surface area contributed by atoms with Crippen molar-refractivity contribution in [3.8, 4) is 11.4 Å². The van der Waals surface area contributed by atoms with E-state index in [4.69, 9.17) is 17.4 Å². The molecule has 6 nitrogen and oxygen atoms in total. The van der Waals surface area contributed by atoms with Gasteiger partial charge in [0.25, 0.3) is 0 Å². The molecule has 0 unspecified atom stereocenters. The molecule has 0 aliphatic heterocycles. The number of aromatic nitrogens is 3. The molecule has 0 saturated carbocycles. The molecular weight excluding hydrogens is 406 g/mol. The molecule has 1 aromatic heterocycles. The van der Waals surface area contributed by atoms with Gasteiger partial charge in [-0.05, 0) is 35.6 Å². The first-order valence-electron chi connectivity index (χ1n) is 9.15. The van der Waals surface area contributed by atoms with Crippen molar-refractivity contribution >= 4 is 35.0 Å². The first kappa shape index (κ1) is 21.2. The lowest BCUT2D eigenvalue weighted by Crippen LogP contribution is -2.17. The van der Waals surface area contributed by atoms with E-state index >= 15 is 0 Å². The van der Waals surface area contributed by atoms with Gasteiger partial charge in [0.1, 0.15) is 0 Å². The number of anilines is 1. The lowest BCUT2D eigenvalue weighted by atomic mass is 9.87. The van der Waals surface area contributed by atoms with E-state index in [0.717, 1.165) is 11.1 Å². The van der Waals surface area contributed by atoms with Crippen LogP contribution in [0.25, 0.3) is 11.4 Å². The zero-order valence-corrected chi connectivity index (χ0v) is 18.4. The van der Waals surface area contributed by atoms with Crippen LogP contribution in [0.4, 0.5) is 5.69 Å². The summed E-state index contributed by atoms with van der Waals surface area (Å²) in [5.74, 6) is 6.71. The fraction of sp³-hybridized carbons (Fsp3) is 0.286. The van der Waals surface area contributed by atoms with Gasteiger partial charge in [0.2, 0.25) is 11.1 Å². The molecule has 3 rings (SSSR count). The van der Waals surface area contributed by atoms with Crippen molar-refractivity contribution in [1.29, 1.82) is 0 Å². The fourth-order valence-electron chi connectivity index (χ4n) is 2.74. The van der Waals surface area contributed by atoms with Gasteiger partial charge in [-0.3, -0.25) is 4.79 Å². The molecule has 0 radical (unpaired) electrons. The van der Waals surface area contributed by atoms with E-state index in [1.54, 1.807) is 12.1 Å². The van der Waals surface area contributed by atoms with E-state index < -0.39 is 0 Å². The molecule has 1 heterocycles. The third-order valence-corrected chi connectivity index (χ3v) is 5.66. The Morgan fingerprint density at radius 2 is 1.86 bits per heavy atom. The second kappa shape index (κ2) is 8.47. The van der Waals surface area contributed by atoms with Crippen molar-refractivity contribution in [2.24, 2.45) is 0 Å². The van der Waals surface area contributed by atoms with Gasteiger partial charge in [-0.2, -0.15) is 0 Å². The van der Waals surface area contributed by atoms with E-state index in [2.05, 4.69) is 48.4 Å². The first-order chi connectivity index (χ1) is 13.6. The highest BCUT2D eigenvalue weighted by atomic mass is 35.5. The normalized spacial score (nSPS) is 11.5. The Labute approximate surface area is 179 Å². The number of halogens is 1. The highest BCUT2D eigenvalue weighted by Crippen LogP contribution is 2.27. The van der Waals surface area contributed by atoms with Crippen LogP contribution in [-0.4, -0.2) is 26.5 Å². The Balaban J connectivity index is 1.67. The third-order valence-electron chi connectivity index (χ3n) is 4.48. The monoisotopic (exact) mass is 429 g/mol. The van der Waals surface area contributed by atoms with Crippen LogP contribution in [-0.2, 0) is 10.2 Å². The Morgan fingerprint density at radius 1 is 1.17 bits per heavy atom. The van der Waals surface area contributed by atoms with Gasteiger partial charge in [0.05, 0.1) is 5.75 Å². The molecule has 0 aliphatic rings. The summed E-state index contributed by atoms with van der Waals surface area (Å²) in [5, 5.41) is 12.2. The van der Waals surface area contributed by atoms with Gasteiger partial charge in [-0.15, -0.1) is 10.2 Å². The van der Waals surface area contributed by atoms with E-state index in [-0.39, 0.29) is 17.1 Å². The number of nitrogen functional groups attached to an aromatic ring is 1. The average molecular weight is 430 g/mol. The van der Waals surface area contributed by atoms with Crippen molar-refractivity contribution in [1.82, 2.24) is 14.9 Å². The van der Waals surface area contributed by atoms with E-state index in [0.29, 0.717) is 21.7 Å².